The van der Waals surface area contributed by atoms with Crippen LogP contribution in [0.15, 0.2) is 16.5 Å². The van der Waals surface area contributed by atoms with E-state index in [0.717, 1.165) is 6.07 Å². The second kappa shape index (κ2) is 5.79. The Labute approximate surface area is 131 Å². The van der Waals surface area contributed by atoms with Crippen LogP contribution in [-0.2, 0) is 12.7 Å². The maximum Gasteiger partial charge on any atom is 0.420 e. The van der Waals surface area contributed by atoms with Crippen LogP contribution in [0.25, 0.3) is 11.1 Å². The van der Waals surface area contributed by atoms with Crippen molar-refractivity contribution in [1.82, 2.24) is 10.3 Å². The lowest BCUT2D eigenvalue weighted by Crippen LogP contribution is -2.43. The van der Waals surface area contributed by atoms with Gasteiger partial charge in [-0.05, 0) is 30.5 Å². The number of aliphatic hydroxyl groups excluding tert-OH is 1. The van der Waals surface area contributed by atoms with Crippen molar-refractivity contribution in [3.8, 4) is 0 Å². The molecular formula is C16H19F3N2O2. The molecule has 0 saturated heterocycles. The van der Waals surface area contributed by atoms with E-state index >= 15 is 0 Å². The molecule has 1 saturated carbocycles. The molecule has 2 aromatic rings. The van der Waals surface area contributed by atoms with E-state index in [1.165, 1.54) is 0 Å². The Hall–Kier alpha value is -1.60. The molecule has 3 rings (SSSR count). The number of nitrogens with one attached hydrogen (secondary N) is 1. The molecule has 0 aliphatic heterocycles. The van der Waals surface area contributed by atoms with E-state index in [1.807, 2.05) is 13.8 Å². The van der Waals surface area contributed by atoms with E-state index < -0.39 is 11.7 Å². The largest absolute Gasteiger partial charge is 0.440 e. The van der Waals surface area contributed by atoms with Gasteiger partial charge in [-0.15, -0.1) is 0 Å². The summed E-state index contributed by atoms with van der Waals surface area (Å²) in [7, 11) is 0. The predicted octanol–water partition coefficient (Wildman–Crippen LogP) is 3.58. The fourth-order valence-corrected chi connectivity index (χ4v) is 2.68. The van der Waals surface area contributed by atoms with Crippen LogP contribution in [-0.4, -0.2) is 22.2 Å². The molecule has 0 radical (unpaired) electrons. The minimum Gasteiger partial charge on any atom is -0.440 e. The average molecular weight is 328 g/mol. The zero-order valence-corrected chi connectivity index (χ0v) is 12.9. The Morgan fingerprint density at radius 2 is 2.04 bits per heavy atom. The number of hydrogen-bond donors (Lipinski definition) is 2. The smallest absolute Gasteiger partial charge is 0.420 e. The first-order chi connectivity index (χ1) is 10.7. The van der Waals surface area contributed by atoms with Gasteiger partial charge in [0.1, 0.15) is 11.1 Å². The van der Waals surface area contributed by atoms with E-state index in [1.54, 1.807) is 6.07 Å². The maximum atomic E-state index is 13.3. The summed E-state index contributed by atoms with van der Waals surface area (Å²) < 4.78 is 45.2. The molecule has 1 aromatic carbocycles. The molecule has 126 valence electrons. The fourth-order valence-electron chi connectivity index (χ4n) is 2.68. The number of nitrogens with zero attached hydrogens (tertiary/aromatic N) is 1. The van der Waals surface area contributed by atoms with Gasteiger partial charge in [-0.3, -0.25) is 0 Å². The normalized spacial score (nSPS) is 21.9. The van der Waals surface area contributed by atoms with Crippen molar-refractivity contribution in [1.29, 1.82) is 0 Å². The van der Waals surface area contributed by atoms with Crippen LogP contribution in [0.4, 0.5) is 13.2 Å². The lowest BCUT2D eigenvalue weighted by atomic mass is 9.89. The monoisotopic (exact) mass is 328 g/mol. The Kier molecular flexibility index (Phi) is 4.10. The molecule has 1 fully saturated rings. The molecule has 23 heavy (non-hydrogen) atoms. The topological polar surface area (TPSA) is 58.3 Å². The molecule has 1 aliphatic rings. The molecule has 7 heteroatoms. The zero-order valence-electron chi connectivity index (χ0n) is 12.9. The van der Waals surface area contributed by atoms with E-state index in [4.69, 9.17) is 4.42 Å². The van der Waals surface area contributed by atoms with Crippen molar-refractivity contribution in [2.45, 2.75) is 57.5 Å². The molecule has 1 aromatic heterocycles. The molecule has 1 heterocycles. The van der Waals surface area contributed by atoms with Crippen molar-refractivity contribution in [2.24, 2.45) is 0 Å². The molecule has 0 spiro atoms. The van der Waals surface area contributed by atoms with Gasteiger partial charge in [0.15, 0.2) is 11.5 Å². The highest BCUT2D eigenvalue weighted by molar-refractivity contribution is 5.78. The van der Waals surface area contributed by atoms with Crippen LogP contribution in [0.2, 0.25) is 0 Å². The van der Waals surface area contributed by atoms with Crippen molar-refractivity contribution < 1.29 is 22.7 Å². The summed E-state index contributed by atoms with van der Waals surface area (Å²) in [6, 6.07) is 2.89. The number of hydrogen-bond acceptors (Lipinski definition) is 4. The number of aliphatic hydroxyl groups is 1. The average Bonchev–Trinajstić information content (AvgIpc) is 2.84. The molecule has 0 amide bonds. The number of aromatic nitrogens is 1. The summed E-state index contributed by atoms with van der Waals surface area (Å²) >= 11 is 0. The summed E-state index contributed by atoms with van der Waals surface area (Å²) in [6.45, 7) is 3.95. The first-order valence-electron chi connectivity index (χ1n) is 7.66. The van der Waals surface area contributed by atoms with Gasteiger partial charge in [-0.2, -0.15) is 13.2 Å². The summed E-state index contributed by atoms with van der Waals surface area (Å²) in [5, 5.41) is 12.4. The van der Waals surface area contributed by atoms with Gasteiger partial charge < -0.3 is 14.8 Å². The second-order valence-electron chi connectivity index (χ2n) is 6.40. The van der Waals surface area contributed by atoms with Crippen LogP contribution < -0.4 is 5.32 Å². The first-order valence-corrected chi connectivity index (χ1v) is 7.66. The Bertz CT molecular complexity index is 703. The predicted molar refractivity (Wildman–Crippen MR) is 79.0 cm³/mol. The molecule has 0 unspecified atom stereocenters. The third-order valence-corrected chi connectivity index (χ3v) is 4.07. The lowest BCUT2D eigenvalue weighted by Gasteiger charge is -2.32. The van der Waals surface area contributed by atoms with Crippen LogP contribution in [0.5, 0.6) is 0 Å². The molecule has 4 nitrogen and oxygen atoms in total. The van der Waals surface area contributed by atoms with Crippen LogP contribution in [0.1, 0.15) is 49.6 Å². The Balaban J connectivity index is 1.92. The molecule has 1 aliphatic carbocycles. The SMILES string of the molecule is CC(C)c1nc2cc(CN[C@H]3C[C@H](O)C3)cc(C(F)(F)F)c2o1. The summed E-state index contributed by atoms with van der Waals surface area (Å²) in [4.78, 5) is 4.19. The highest BCUT2D eigenvalue weighted by Crippen LogP contribution is 2.37. The standard InChI is InChI=1S/C16H19F3N2O2/c1-8(2)15-21-13-4-9(7-20-10-5-11(22)6-10)3-12(14(13)23-15)16(17,18)19/h3-4,8,10-11,20,22H,5-7H2,1-2H3/t10-,11-. The first kappa shape index (κ1) is 16.3. The fraction of sp³-hybridized carbons (Fsp3) is 0.562. The van der Waals surface area contributed by atoms with E-state index in [9.17, 15) is 18.3 Å². The summed E-state index contributed by atoms with van der Waals surface area (Å²) in [6.07, 6.45) is -3.52. The van der Waals surface area contributed by atoms with Gasteiger partial charge >= 0.3 is 6.18 Å². The number of benzene rings is 1. The van der Waals surface area contributed by atoms with Crippen LogP contribution >= 0.6 is 0 Å². The van der Waals surface area contributed by atoms with Crippen molar-refractivity contribution in [3.63, 3.8) is 0 Å². The minimum atomic E-state index is -4.49. The highest BCUT2D eigenvalue weighted by Gasteiger charge is 2.35. The zero-order chi connectivity index (χ0) is 16.8. The minimum absolute atomic E-state index is 0.0819. The van der Waals surface area contributed by atoms with E-state index in [2.05, 4.69) is 10.3 Å². The van der Waals surface area contributed by atoms with Gasteiger partial charge in [0.25, 0.3) is 0 Å². The Morgan fingerprint density at radius 1 is 1.35 bits per heavy atom. The third-order valence-electron chi connectivity index (χ3n) is 4.07. The molecular weight excluding hydrogens is 309 g/mol. The number of fused-ring (bicyclic) bond motifs is 1. The van der Waals surface area contributed by atoms with Gasteiger partial charge in [0.05, 0.1) is 6.10 Å². The van der Waals surface area contributed by atoms with Crippen molar-refractivity contribution >= 4 is 11.1 Å². The maximum absolute atomic E-state index is 13.3. The number of oxazole rings is 1. The molecule has 2 N–H and O–H groups in total. The molecule has 0 atom stereocenters. The van der Waals surface area contributed by atoms with Gasteiger partial charge in [-0.1, -0.05) is 13.8 Å². The van der Waals surface area contributed by atoms with Crippen LogP contribution in [0, 0.1) is 0 Å². The van der Waals surface area contributed by atoms with Crippen LogP contribution in [0.3, 0.4) is 0 Å². The van der Waals surface area contributed by atoms with Gasteiger partial charge in [0, 0.05) is 18.5 Å². The van der Waals surface area contributed by atoms with Gasteiger partial charge in [-0.25, -0.2) is 4.98 Å². The third kappa shape index (κ3) is 3.35. The lowest BCUT2D eigenvalue weighted by molar-refractivity contribution is -0.136. The van der Waals surface area contributed by atoms with E-state index in [-0.39, 0.29) is 29.2 Å². The summed E-state index contributed by atoms with van der Waals surface area (Å²) in [5.74, 6) is 0.222. The van der Waals surface area contributed by atoms with E-state index in [0.29, 0.717) is 30.8 Å². The number of rotatable bonds is 4. The summed E-state index contributed by atoms with van der Waals surface area (Å²) in [5.41, 5.74) is -0.257. The highest BCUT2D eigenvalue weighted by atomic mass is 19.4. The number of alkyl halides is 3. The Morgan fingerprint density at radius 3 is 2.61 bits per heavy atom. The molecule has 0 bridgehead atoms. The van der Waals surface area contributed by atoms with Gasteiger partial charge in [0.2, 0.25) is 0 Å². The second-order valence-corrected chi connectivity index (χ2v) is 6.40. The quantitative estimate of drug-likeness (QED) is 0.901. The van der Waals surface area contributed by atoms with Crippen molar-refractivity contribution in [2.75, 3.05) is 0 Å². The van der Waals surface area contributed by atoms with Crippen molar-refractivity contribution in [3.05, 3.63) is 29.2 Å². The number of halogens is 3.